The Bertz CT molecular complexity index is 1270. The third-order valence-corrected chi connectivity index (χ3v) is 6.02. The zero-order valence-corrected chi connectivity index (χ0v) is 19.3. The average molecular weight is 475 g/mol. The maximum Gasteiger partial charge on any atom is 0.251 e. The maximum absolute atomic E-state index is 13.0. The highest BCUT2D eigenvalue weighted by Crippen LogP contribution is 2.21. The number of hydrogen-bond donors (Lipinski definition) is 2. The van der Waals surface area contributed by atoms with E-state index < -0.39 is 0 Å². The molecule has 0 aliphatic carbocycles. The van der Waals surface area contributed by atoms with Crippen LogP contribution in [0.1, 0.15) is 21.5 Å². The van der Waals surface area contributed by atoms with E-state index in [2.05, 4.69) is 15.6 Å². The Morgan fingerprint density at radius 1 is 0.971 bits per heavy atom. The SMILES string of the molecule is Cc1ccc(NC(=O)CSc2nccn2-c2ccc(C(=O)NCc3ccc(F)cc3)cc2)cc1. The fraction of sp³-hybridized carbons (Fsp3) is 0.115. The molecule has 0 atom stereocenters. The summed E-state index contributed by atoms with van der Waals surface area (Å²) in [5.41, 5.74) is 4.04. The molecule has 0 radical (unpaired) electrons. The first-order valence-corrected chi connectivity index (χ1v) is 11.6. The molecule has 172 valence electrons. The summed E-state index contributed by atoms with van der Waals surface area (Å²) in [4.78, 5) is 29.1. The van der Waals surface area contributed by atoms with Gasteiger partial charge in [-0.3, -0.25) is 14.2 Å². The number of benzene rings is 3. The minimum atomic E-state index is -0.311. The van der Waals surface area contributed by atoms with Crippen LogP contribution in [0.25, 0.3) is 5.69 Å². The first-order chi connectivity index (χ1) is 16.5. The number of imidazole rings is 1. The van der Waals surface area contributed by atoms with E-state index in [1.807, 2.05) is 54.1 Å². The molecule has 0 fully saturated rings. The van der Waals surface area contributed by atoms with Crippen LogP contribution in [-0.2, 0) is 11.3 Å². The molecule has 1 heterocycles. The van der Waals surface area contributed by atoms with E-state index in [4.69, 9.17) is 0 Å². The highest BCUT2D eigenvalue weighted by atomic mass is 32.2. The van der Waals surface area contributed by atoms with Crippen molar-refractivity contribution in [3.8, 4) is 5.69 Å². The third-order valence-electron chi connectivity index (χ3n) is 5.05. The second-order valence-electron chi connectivity index (χ2n) is 7.64. The van der Waals surface area contributed by atoms with Gasteiger partial charge in [-0.1, -0.05) is 41.6 Å². The van der Waals surface area contributed by atoms with Crippen LogP contribution in [0, 0.1) is 12.7 Å². The van der Waals surface area contributed by atoms with Crippen molar-refractivity contribution in [2.45, 2.75) is 18.6 Å². The van der Waals surface area contributed by atoms with Crippen LogP contribution in [0.2, 0.25) is 0 Å². The van der Waals surface area contributed by atoms with Crippen LogP contribution in [-0.4, -0.2) is 27.1 Å². The van der Waals surface area contributed by atoms with Gasteiger partial charge in [0.25, 0.3) is 5.91 Å². The zero-order valence-electron chi connectivity index (χ0n) is 18.5. The molecule has 8 heteroatoms. The van der Waals surface area contributed by atoms with Gasteiger partial charge >= 0.3 is 0 Å². The molecular weight excluding hydrogens is 451 g/mol. The van der Waals surface area contributed by atoms with Gasteiger partial charge in [-0.15, -0.1) is 0 Å². The summed E-state index contributed by atoms with van der Waals surface area (Å²) in [6, 6.07) is 20.7. The average Bonchev–Trinajstić information content (AvgIpc) is 3.32. The van der Waals surface area contributed by atoms with Gasteiger partial charge in [0.05, 0.1) is 5.75 Å². The second kappa shape index (κ2) is 10.8. The van der Waals surface area contributed by atoms with Crippen molar-refractivity contribution in [2.24, 2.45) is 0 Å². The monoisotopic (exact) mass is 474 g/mol. The first-order valence-electron chi connectivity index (χ1n) is 10.6. The van der Waals surface area contributed by atoms with Gasteiger partial charge in [0.2, 0.25) is 5.91 Å². The van der Waals surface area contributed by atoms with Crippen LogP contribution < -0.4 is 10.6 Å². The van der Waals surface area contributed by atoms with Crippen molar-refractivity contribution >= 4 is 29.3 Å². The number of nitrogens with zero attached hydrogens (tertiary/aromatic N) is 2. The Labute approximate surface area is 201 Å². The molecule has 1 aromatic heterocycles. The number of hydrogen-bond acceptors (Lipinski definition) is 4. The highest BCUT2D eigenvalue weighted by Gasteiger charge is 2.11. The fourth-order valence-corrected chi connectivity index (χ4v) is 3.99. The van der Waals surface area contributed by atoms with E-state index in [0.29, 0.717) is 17.3 Å². The molecule has 2 N–H and O–H groups in total. The molecule has 0 saturated carbocycles. The Balaban J connectivity index is 1.33. The van der Waals surface area contributed by atoms with Gasteiger partial charge in [-0.25, -0.2) is 9.37 Å². The number of rotatable bonds is 8. The van der Waals surface area contributed by atoms with Crippen molar-refractivity contribution in [1.29, 1.82) is 0 Å². The maximum atomic E-state index is 13.0. The summed E-state index contributed by atoms with van der Waals surface area (Å²) in [6.45, 7) is 2.31. The largest absolute Gasteiger partial charge is 0.348 e. The third kappa shape index (κ3) is 6.11. The van der Waals surface area contributed by atoms with Crippen LogP contribution in [0.4, 0.5) is 10.1 Å². The number of aromatic nitrogens is 2. The molecule has 0 bridgehead atoms. The highest BCUT2D eigenvalue weighted by molar-refractivity contribution is 7.99. The molecule has 4 rings (SSSR count). The molecular formula is C26H23FN4O2S. The normalized spacial score (nSPS) is 10.6. The van der Waals surface area contributed by atoms with E-state index in [1.54, 1.807) is 30.5 Å². The summed E-state index contributed by atoms with van der Waals surface area (Å²) >= 11 is 1.33. The molecule has 0 saturated heterocycles. The molecule has 2 amide bonds. The fourth-order valence-electron chi connectivity index (χ4n) is 3.22. The summed E-state index contributed by atoms with van der Waals surface area (Å²) < 4.78 is 14.9. The van der Waals surface area contributed by atoms with Gasteiger partial charge < -0.3 is 10.6 Å². The van der Waals surface area contributed by atoms with Gasteiger partial charge in [-0.2, -0.15) is 0 Å². The number of carbonyl (C=O) groups excluding carboxylic acids is 2. The minimum absolute atomic E-state index is 0.114. The van der Waals surface area contributed by atoms with E-state index in [0.717, 1.165) is 22.5 Å². The molecule has 6 nitrogen and oxygen atoms in total. The molecule has 0 aliphatic heterocycles. The molecule has 0 unspecified atom stereocenters. The van der Waals surface area contributed by atoms with E-state index in [-0.39, 0.29) is 23.4 Å². The topological polar surface area (TPSA) is 76.0 Å². The standard InChI is InChI=1S/C26H23FN4O2S/c1-18-2-10-22(11-3-18)30-24(32)17-34-26-28-14-15-31(26)23-12-6-20(7-13-23)25(33)29-16-19-4-8-21(27)9-5-19/h2-15H,16-17H2,1H3,(H,29,33)(H,30,32). The number of carbonyl (C=O) groups is 2. The number of anilines is 1. The molecule has 3 aromatic carbocycles. The van der Waals surface area contributed by atoms with Crippen LogP contribution in [0.3, 0.4) is 0 Å². The van der Waals surface area contributed by atoms with Crippen LogP contribution >= 0.6 is 11.8 Å². The van der Waals surface area contributed by atoms with Crippen molar-refractivity contribution in [3.05, 3.63) is 108 Å². The van der Waals surface area contributed by atoms with E-state index in [9.17, 15) is 14.0 Å². The van der Waals surface area contributed by atoms with Crippen molar-refractivity contribution in [2.75, 3.05) is 11.1 Å². The predicted octanol–water partition coefficient (Wildman–Crippen LogP) is 4.98. The number of amides is 2. The second-order valence-corrected chi connectivity index (χ2v) is 8.58. The van der Waals surface area contributed by atoms with Gasteiger partial charge in [0.15, 0.2) is 5.16 Å². The molecule has 4 aromatic rings. The summed E-state index contributed by atoms with van der Waals surface area (Å²) in [5.74, 6) is -0.426. The molecule has 0 aliphatic rings. The van der Waals surface area contributed by atoms with E-state index in [1.165, 1.54) is 23.9 Å². The Morgan fingerprint density at radius 3 is 2.38 bits per heavy atom. The van der Waals surface area contributed by atoms with Crippen LogP contribution in [0.5, 0.6) is 0 Å². The summed E-state index contributed by atoms with van der Waals surface area (Å²) in [7, 11) is 0. The summed E-state index contributed by atoms with van der Waals surface area (Å²) in [5, 5.41) is 6.38. The number of thioether (sulfide) groups is 1. The first kappa shape index (κ1) is 23.3. The van der Waals surface area contributed by atoms with Crippen LogP contribution in [0.15, 0.2) is 90.3 Å². The lowest BCUT2D eigenvalue weighted by Gasteiger charge is -2.10. The molecule has 34 heavy (non-hydrogen) atoms. The lowest BCUT2D eigenvalue weighted by Crippen LogP contribution is -2.22. The Hall–Kier alpha value is -3.91. The van der Waals surface area contributed by atoms with Gasteiger partial charge in [0, 0.05) is 35.9 Å². The quantitative estimate of drug-likeness (QED) is 0.353. The smallest absolute Gasteiger partial charge is 0.251 e. The lowest BCUT2D eigenvalue weighted by atomic mass is 10.1. The van der Waals surface area contributed by atoms with E-state index >= 15 is 0 Å². The Kier molecular flexibility index (Phi) is 7.39. The van der Waals surface area contributed by atoms with Crippen molar-refractivity contribution in [1.82, 2.24) is 14.9 Å². The predicted molar refractivity (Wildman–Crippen MR) is 132 cm³/mol. The van der Waals surface area contributed by atoms with Crippen molar-refractivity contribution in [3.63, 3.8) is 0 Å². The summed E-state index contributed by atoms with van der Waals surface area (Å²) in [6.07, 6.45) is 3.48. The van der Waals surface area contributed by atoms with Crippen molar-refractivity contribution < 1.29 is 14.0 Å². The number of nitrogens with one attached hydrogen (secondary N) is 2. The van der Waals surface area contributed by atoms with Gasteiger partial charge in [0.1, 0.15) is 5.82 Å². The lowest BCUT2D eigenvalue weighted by molar-refractivity contribution is -0.113. The minimum Gasteiger partial charge on any atom is -0.348 e. The van der Waals surface area contributed by atoms with Gasteiger partial charge in [-0.05, 0) is 61.0 Å². The number of aryl methyl sites for hydroxylation is 1. The molecule has 0 spiro atoms. The Morgan fingerprint density at radius 2 is 1.68 bits per heavy atom. The number of halogens is 1. The zero-order chi connectivity index (χ0) is 23.9.